The van der Waals surface area contributed by atoms with E-state index in [1.165, 1.54) is 0 Å². The quantitative estimate of drug-likeness (QED) is 0.731. The van der Waals surface area contributed by atoms with Gasteiger partial charge in [0.1, 0.15) is 0 Å². The second-order valence-corrected chi connectivity index (χ2v) is 5.32. The van der Waals surface area contributed by atoms with Crippen LogP contribution < -0.4 is 5.32 Å². The number of anilines is 1. The summed E-state index contributed by atoms with van der Waals surface area (Å²) in [6.45, 7) is 2.12. The zero-order valence-corrected chi connectivity index (χ0v) is 12.7. The fourth-order valence-corrected chi connectivity index (χ4v) is 2.36. The van der Waals surface area contributed by atoms with Gasteiger partial charge in [0.25, 0.3) is 0 Å². The van der Waals surface area contributed by atoms with Crippen molar-refractivity contribution in [3.05, 3.63) is 63.6 Å². The summed E-state index contributed by atoms with van der Waals surface area (Å²) in [5.41, 5.74) is 2.96. The Morgan fingerprint density at radius 1 is 1.15 bits per heavy atom. The molecule has 1 nitrogen and oxygen atoms in total. The molecule has 1 N–H and O–H groups in total. The third-order valence-electron chi connectivity index (χ3n) is 3.12. The Bertz CT molecular complexity index is 644. The second-order valence-electron chi connectivity index (χ2n) is 4.50. The molecular formula is C17H15Cl2N. The van der Waals surface area contributed by atoms with Crippen molar-refractivity contribution in [3.63, 3.8) is 0 Å². The van der Waals surface area contributed by atoms with Crippen LogP contribution in [0, 0.1) is 12.3 Å². The van der Waals surface area contributed by atoms with E-state index in [1.807, 2.05) is 42.5 Å². The normalized spacial score (nSPS) is 11.7. The molecule has 3 heteroatoms. The molecule has 0 saturated carbocycles. The predicted molar refractivity (Wildman–Crippen MR) is 87.5 cm³/mol. The monoisotopic (exact) mass is 303 g/mol. The lowest BCUT2D eigenvalue weighted by molar-refractivity contribution is 0.749. The van der Waals surface area contributed by atoms with Gasteiger partial charge < -0.3 is 5.32 Å². The zero-order chi connectivity index (χ0) is 14.5. The van der Waals surface area contributed by atoms with Gasteiger partial charge >= 0.3 is 0 Å². The average molecular weight is 304 g/mol. The molecule has 0 saturated heterocycles. The summed E-state index contributed by atoms with van der Waals surface area (Å²) >= 11 is 12.0. The van der Waals surface area contributed by atoms with E-state index in [0.717, 1.165) is 23.2 Å². The van der Waals surface area contributed by atoms with Gasteiger partial charge in [-0.2, -0.15) is 0 Å². The van der Waals surface area contributed by atoms with E-state index in [1.54, 1.807) is 0 Å². The molecular weight excluding hydrogens is 289 g/mol. The Morgan fingerprint density at radius 3 is 2.60 bits per heavy atom. The highest BCUT2D eigenvalue weighted by Gasteiger charge is 2.11. The van der Waals surface area contributed by atoms with Gasteiger partial charge in [-0.05, 0) is 42.3 Å². The molecule has 0 aromatic heterocycles. The van der Waals surface area contributed by atoms with Crippen LogP contribution >= 0.6 is 23.2 Å². The van der Waals surface area contributed by atoms with Crippen molar-refractivity contribution in [2.45, 2.75) is 19.4 Å². The maximum Gasteiger partial charge on any atom is 0.0595 e. The minimum Gasteiger partial charge on any atom is -0.378 e. The molecule has 0 bridgehead atoms. The molecule has 0 fully saturated rings. The summed E-state index contributed by atoms with van der Waals surface area (Å²) < 4.78 is 0. The summed E-state index contributed by atoms with van der Waals surface area (Å²) in [5.74, 6) is 2.64. The van der Waals surface area contributed by atoms with Crippen molar-refractivity contribution in [3.8, 4) is 12.3 Å². The first kappa shape index (κ1) is 14.8. The van der Waals surface area contributed by atoms with Crippen LogP contribution in [0.25, 0.3) is 0 Å². The fraction of sp³-hybridized carbons (Fsp3) is 0.176. The lowest BCUT2D eigenvalue weighted by Gasteiger charge is -2.19. The van der Waals surface area contributed by atoms with Crippen molar-refractivity contribution in [2.75, 3.05) is 5.32 Å². The van der Waals surface area contributed by atoms with Gasteiger partial charge in [-0.3, -0.25) is 0 Å². The molecule has 1 unspecified atom stereocenters. The van der Waals surface area contributed by atoms with E-state index in [0.29, 0.717) is 10.0 Å². The standard InChI is InChI=1S/C17H15Cl2N/c1-3-12-6-5-7-14(10-12)20-17(4-2)13-8-9-15(18)16(19)11-13/h1,5-11,17,20H,4H2,2H3. The topological polar surface area (TPSA) is 12.0 Å². The Balaban J connectivity index is 2.24. The predicted octanol–water partition coefficient (Wildman–Crippen LogP) is 5.54. The van der Waals surface area contributed by atoms with Crippen molar-refractivity contribution >= 4 is 28.9 Å². The number of nitrogens with one attached hydrogen (secondary N) is 1. The average Bonchev–Trinajstić information content (AvgIpc) is 2.48. The van der Waals surface area contributed by atoms with Crippen LogP contribution in [0.1, 0.15) is 30.5 Å². The minimum absolute atomic E-state index is 0.165. The second kappa shape index (κ2) is 6.70. The Labute approximate surface area is 129 Å². The Kier molecular flexibility index (Phi) is 4.95. The van der Waals surface area contributed by atoms with Crippen molar-refractivity contribution in [2.24, 2.45) is 0 Å². The number of benzene rings is 2. The number of hydrogen-bond donors (Lipinski definition) is 1. The first-order valence-electron chi connectivity index (χ1n) is 6.42. The van der Waals surface area contributed by atoms with Gasteiger partial charge in [-0.1, -0.05) is 48.2 Å². The lowest BCUT2D eigenvalue weighted by Crippen LogP contribution is -2.09. The molecule has 0 spiro atoms. The molecule has 0 heterocycles. The SMILES string of the molecule is C#Cc1cccc(NC(CC)c2ccc(Cl)c(Cl)c2)c1. The highest BCUT2D eigenvalue weighted by Crippen LogP contribution is 2.29. The van der Waals surface area contributed by atoms with Gasteiger partial charge in [-0.25, -0.2) is 0 Å². The van der Waals surface area contributed by atoms with Crippen LogP contribution in [0.5, 0.6) is 0 Å². The first-order chi connectivity index (χ1) is 9.63. The summed E-state index contributed by atoms with van der Waals surface area (Å²) in [7, 11) is 0. The third kappa shape index (κ3) is 3.48. The van der Waals surface area contributed by atoms with Crippen LogP contribution in [-0.4, -0.2) is 0 Å². The number of halogens is 2. The molecule has 0 aliphatic rings. The summed E-state index contributed by atoms with van der Waals surface area (Å²) in [4.78, 5) is 0. The van der Waals surface area contributed by atoms with Gasteiger partial charge in [0, 0.05) is 11.3 Å². The van der Waals surface area contributed by atoms with Crippen LogP contribution in [0.4, 0.5) is 5.69 Å². The maximum atomic E-state index is 6.08. The molecule has 0 radical (unpaired) electrons. The fourth-order valence-electron chi connectivity index (χ4n) is 2.05. The summed E-state index contributed by atoms with van der Waals surface area (Å²) in [6, 6.07) is 13.7. The van der Waals surface area contributed by atoms with Crippen molar-refractivity contribution in [1.82, 2.24) is 0 Å². The van der Waals surface area contributed by atoms with Crippen LogP contribution in [0.15, 0.2) is 42.5 Å². The molecule has 0 aliphatic carbocycles. The largest absolute Gasteiger partial charge is 0.378 e. The maximum absolute atomic E-state index is 6.08. The van der Waals surface area contributed by atoms with E-state index in [2.05, 4.69) is 18.2 Å². The number of terminal acetylenes is 1. The van der Waals surface area contributed by atoms with E-state index in [-0.39, 0.29) is 6.04 Å². The third-order valence-corrected chi connectivity index (χ3v) is 3.86. The van der Waals surface area contributed by atoms with Crippen LogP contribution in [0.2, 0.25) is 10.0 Å². The number of rotatable bonds is 4. The van der Waals surface area contributed by atoms with Crippen LogP contribution in [-0.2, 0) is 0 Å². The molecule has 20 heavy (non-hydrogen) atoms. The lowest BCUT2D eigenvalue weighted by atomic mass is 10.0. The van der Waals surface area contributed by atoms with E-state index in [9.17, 15) is 0 Å². The summed E-state index contributed by atoms with van der Waals surface area (Å²) in [5, 5.41) is 4.61. The molecule has 0 amide bonds. The van der Waals surface area contributed by atoms with E-state index < -0.39 is 0 Å². The van der Waals surface area contributed by atoms with Gasteiger partial charge in [-0.15, -0.1) is 6.42 Å². The highest BCUT2D eigenvalue weighted by atomic mass is 35.5. The molecule has 0 aliphatic heterocycles. The Morgan fingerprint density at radius 2 is 1.95 bits per heavy atom. The van der Waals surface area contributed by atoms with Gasteiger partial charge in [0.05, 0.1) is 16.1 Å². The molecule has 2 rings (SSSR count). The first-order valence-corrected chi connectivity index (χ1v) is 7.17. The molecule has 102 valence electrons. The molecule has 2 aromatic rings. The van der Waals surface area contributed by atoms with E-state index in [4.69, 9.17) is 29.6 Å². The van der Waals surface area contributed by atoms with Crippen LogP contribution in [0.3, 0.4) is 0 Å². The minimum atomic E-state index is 0.165. The van der Waals surface area contributed by atoms with Crippen molar-refractivity contribution in [1.29, 1.82) is 0 Å². The van der Waals surface area contributed by atoms with Crippen molar-refractivity contribution < 1.29 is 0 Å². The number of hydrogen-bond acceptors (Lipinski definition) is 1. The highest BCUT2D eigenvalue weighted by molar-refractivity contribution is 6.42. The smallest absolute Gasteiger partial charge is 0.0595 e. The van der Waals surface area contributed by atoms with Gasteiger partial charge in [0.15, 0.2) is 0 Å². The van der Waals surface area contributed by atoms with Gasteiger partial charge in [0.2, 0.25) is 0 Å². The Hall–Kier alpha value is -1.62. The van der Waals surface area contributed by atoms with E-state index >= 15 is 0 Å². The molecule has 1 atom stereocenters. The molecule has 2 aromatic carbocycles. The zero-order valence-electron chi connectivity index (χ0n) is 11.2. The summed E-state index contributed by atoms with van der Waals surface area (Å²) in [6.07, 6.45) is 6.35.